The average molecular weight is 685 g/mol. The molecule has 1 aliphatic heterocycles. The van der Waals surface area contributed by atoms with Gasteiger partial charge in [0.05, 0.1) is 42.0 Å². The monoisotopic (exact) mass is 684 g/mol. The van der Waals surface area contributed by atoms with Crippen LogP contribution in [0.15, 0.2) is 0 Å². The molecule has 6 aliphatic rings. The summed E-state index contributed by atoms with van der Waals surface area (Å²) in [6.45, 7) is 10.9. The van der Waals surface area contributed by atoms with Crippen LogP contribution < -0.4 is 0 Å². The Morgan fingerprint density at radius 2 is 1.54 bits per heavy atom. The zero-order chi connectivity index (χ0) is 35.6. The zero-order valence-electron chi connectivity index (χ0n) is 29.3. The first-order valence-corrected chi connectivity index (χ1v) is 18.1. The van der Waals surface area contributed by atoms with Gasteiger partial charge in [-0.2, -0.15) is 0 Å². The minimum atomic E-state index is -1.76. The molecule has 6 fully saturated rings. The molecule has 276 valence electrons. The molecule has 12 heteroatoms. The maximum Gasteiger partial charge on any atom is 0.317 e. The van der Waals surface area contributed by atoms with E-state index in [1.807, 2.05) is 0 Å². The maximum atomic E-state index is 14.1. The molecule has 1 heterocycles. The van der Waals surface area contributed by atoms with E-state index in [0.717, 1.165) is 38.5 Å². The number of carbonyl (C=O) groups is 1. The molecule has 0 unspecified atom stereocenters. The predicted molar refractivity (Wildman–Crippen MR) is 171 cm³/mol. The lowest BCUT2D eigenvalue weighted by Gasteiger charge is -2.64. The molecular formula is C36H60O12. The fourth-order valence-corrected chi connectivity index (χ4v) is 12.6. The lowest BCUT2D eigenvalue weighted by Crippen LogP contribution is -2.65. The van der Waals surface area contributed by atoms with Crippen LogP contribution >= 0.6 is 0 Å². The van der Waals surface area contributed by atoms with Gasteiger partial charge in [-0.05, 0) is 106 Å². The van der Waals surface area contributed by atoms with E-state index in [0.29, 0.717) is 6.42 Å². The zero-order valence-corrected chi connectivity index (χ0v) is 29.3. The molecule has 5 saturated carbocycles. The highest BCUT2D eigenvalue weighted by atomic mass is 16.7. The highest BCUT2D eigenvalue weighted by molar-refractivity contribution is 5.78. The predicted octanol–water partition coefficient (Wildman–Crippen LogP) is 0.599. The normalized spacial score (nSPS) is 53.4. The Kier molecular flexibility index (Phi) is 9.06. The van der Waals surface area contributed by atoms with E-state index < -0.39 is 90.0 Å². The van der Waals surface area contributed by atoms with E-state index in [4.69, 9.17) is 9.47 Å². The van der Waals surface area contributed by atoms with Crippen molar-refractivity contribution in [2.24, 2.45) is 50.7 Å². The molecule has 0 aromatic heterocycles. The van der Waals surface area contributed by atoms with E-state index in [9.17, 15) is 50.8 Å². The summed E-state index contributed by atoms with van der Waals surface area (Å²) in [6.07, 6.45) is -6.03. The average Bonchev–Trinajstić information content (AvgIpc) is 3.64. The molecule has 48 heavy (non-hydrogen) atoms. The molecule has 6 rings (SSSR count). The standard InChI is InChI=1S/C36H60O12/c1-17(19(38)13-23(39)31(2,3)46)18-9-10-33(5)21-7-8-22-34(6,30(45)48-29-28(44)27(43)26(42)20(15-37)47-29)24(40)14-25(41)36(22)16-35(21,36)12-11-32(18,33)4/h17-29,37-44,46H,7-16H2,1-6H3/t17-,18-,19+,20-,21+,22-,23-,24-,25+,26+,27+,28+,29+,32+,33-,34-,35+,36-/m0/s1. The molecular weight excluding hydrogens is 624 g/mol. The Labute approximate surface area is 283 Å². The Bertz CT molecular complexity index is 1240. The third kappa shape index (κ3) is 4.80. The molecule has 0 amide bonds. The molecule has 0 radical (unpaired) electrons. The van der Waals surface area contributed by atoms with Gasteiger partial charge in [0.25, 0.3) is 0 Å². The molecule has 1 saturated heterocycles. The Morgan fingerprint density at radius 3 is 2.17 bits per heavy atom. The van der Waals surface area contributed by atoms with Gasteiger partial charge in [0.1, 0.15) is 24.4 Å². The van der Waals surface area contributed by atoms with E-state index in [2.05, 4.69) is 20.8 Å². The highest BCUT2D eigenvalue weighted by Gasteiger charge is 2.86. The summed E-state index contributed by atoms with van der Waals surface area (Å²) in [7, 11) is 0. The second-order valence-corrected chi connectivity index (χ2v) is 18.0. The Hall–Kier alpha value is -0.930. The largest absolute Gasteiger partial charge is 0.432 e. The van der Waals surface area contributed by atoms with Crippen molar-refractivity contribution < 1.29 is 60.2 Å². The van der Waals surface area contributed by atoms with Gasteiger partial charge < -0.3 is 55.4 Å². The van der Waals surface area contributed by atoms with Gasteiger partial charge in [-0.1, -0.05) is 20.8 Å². The second kappa shape index (κ2) is 11.8. The van der Waals surface area contributed by atoms with Crippen LogP contribution in [0.3, 0.4) is 0 Å². The van der Waals surface area contributed by atoms with Gasteiger partial charge in [-0.15, -0.1) is 0 Å². The van der Waals surface area contributed by atoms with Crippen molar-refractivity contribution in [1.29, 1.82) is 0 Å². The number of carbonyl (C=O) groups excluding carboxylic acids is 1. The van der Waals surface area contributed by atoms with Gasteiger partial charge in [0, 0.05) is 18.3 Å². The van der Waals surface area contributed by atoms with Crippen molar-refractivity contribution in [2.75, 3.05) is 6.61 Å². The molecule has 2 spiro atoms. The number of ether oxygens (including phenoxy) is 2. The van der Waals surface area contributed by atoms with Gasteiger partial charge in [-0.3, -0.25) is 4.79 Å². The van der Waals surface area contributed by atoms with Gasteiger partial charge in [0.15, 0.2) is 0 Å². The lowest BCUT2D eigenvalue weighted by atomic mass is 9.41. The van der Waals surface area contributed by atoms with E-state index in [1.54, 1.807) is 20.8 Å². The molecule has 18 atom stereocenters. The van der Waals surface area contributed by atoms with Crippen LogP contribution in [0.4, 0.5) is 0 Å². The number of esters is 1. The molecule has 9 N–H and O–H groups in total. The Balaban J connectivity index is 1.25. The van der Waals surface area contributed by atoms with E-state index in [-0.39, 0.29) is 46.8 Å². The summed E-state index contributed by atoms with van der Waals surface area (Å²) in [6, 6.07) is 0. The number of hydrogen-bond donors (Lipinski definition) is 9. The number of rotatable bonds is 8. The number of aliphatic hydroxyl groups is 9. The first-order chi connectivity index (χ1) is 22.2. The summed E-state index contributed by atoms with van der Waals surface area (Å²) in [5.41, 5.74) is -3.80. The smallest absolute Gasteiger partial charge is 0.317 e. The summed E-state index contributed by atoms with van der Waals surface area (Å²) >= 11 is 0. The van der Waals surface area contributed by atoms with Crippen LogP contribution in [0.1, 0.15) is 99.3 Å². The van der Waals surface area contributed by atoms with Gasteiger partial charge >= 0.3 is 5.97 Å². The van der Waals surface area contributed by atoms with Crippen molar-refractivity contribution in [1.82, 2.24) is 0 Å². The van der Waals surface area contributed by atoms with Crippen molar-refractivity contribution in [3.05, 3.63) is 0 Å². The molecule has 12 nitrogen and oxygen atoms in total. The molecule has 0 bridgehead atoms. The van der Waals surface area contributed by atoms with Crippen LogP contribution in [0.5, 0.6) is 0 Å². The van der Waals surface area contributed by atoms with Crippen LogP contribution in [0, 0.1) is 50.7 Å². The number of fused-ring (bicyclic) bond motifs is 2. The minimum Gasteiger partial charge on any atom is -0.432 e. The van der Waals surface area contributed by atoms with Gasteiger partial charge in [-0.25, -0.2) is 0 Å². The molecule has 0 aromatic rings. The first kappa shape index (κ1) is 36.8. The van der Waals surface area contributed by atoms with Crippen molar-refractivity contribution in [3.63, 3.8) is 0 Å². The molecule has 5 aliphatic carbocycles. The number of aliphatic hydroxyl groups excluding tert-OH is 8. The third-order valence-electron chi connectivity index (χ3n) is 15.9. The van der Waals surface area contributed by atoms with Crippen LogP contribution in [0.25, 0.3) is 0 Å². The first-order valence-electron chi connectivity index (χ1n) is 18.1. The number of hydrogen-bond acceptors (Lipinski definition) is 12. The van der Waals surface area contributed by atoms with Crippen LogP contribution in [-0.4, -0.2) is 119 Å². The maximum absolute atomic E-state index is 14.1. The fourth-order valence-electron chi connectivity index (χ4n) is 12.6. The van der Waals surface area contributed by atoms with Crippen LogP contribution in [-0.2, 0) is 14.3 Å². The molecule has 0 aromatic carbocycles. The lowest BCUT2D eigenvalue weighted by molar-refractivity contribution is -0.300. The third-order valence-corrected chi connectivity index (χ3v) is 15.9. The van der Waals surface area contributed by atoms with E-state index >= 15 is 0 Å². The van der Waals surface area contributed by atoms with Crippen LogP contribution in [0.2, 0.25) is 0 Å². The topological polar surface area (TPSA) is 218 Å². The fraction of sp³-hybridized carbons (Fsp3) is 0.972. The van der Waals surface area contributed by atoms with Gasteiger partial charge in [0.2, 0.25) is 6.29 Å². The van der Waals surface area contributed by atoms with Crippen molar-refractivity contribution in [3.8, 4) is 0 Å². The Morgan fingerprint density at radius 1 is 0.896 bits per heavy atom. The summed E-state index contributed by atoms with van der Waals surface area (Å²) in [4.78, 5) is 14.1. The highest BCUT2D eigenvalue weighted by Crippen LogP contribution is 2.89. The summed E-state index contributed by atoms with van der Waals surface area (Å²) in [5.74, 6) is -0.852. The van der Waals surface area contributed by atoms with E-state index in [1.165, 1.54) is 0 Å². The minimum absolute atomic E-state index is 0.00534. The van der Waals surface area contributed by atoms with Crippen molar-refractivity contribution >= 4 is 5.97 Å². The SMILES string of the molecule is C[C@H]([C@H](O)C[C@H](O)C(C)(C)O)[C@@H]1CC[C@@]2(C)[C@H]3CC[C@H]4[C@](C)(C(=O)O[C@H]5O[C@@H](CO)[C@@H](O)[C@@H](O)[C@H]5O)[C@@H](O)C[C@@H](O)[C@]45C[C@]35CC[C@]12C. The summed E-state index contributed by atoms with van der Waals surface area (Å²) < 4.78 is 11.1. The summed E-state index contributed by atoms with van der Waals surface area (Å²) in [5, 5.41) is 96.1. The quantitative estimate of drug-likeness (QED) is 0.161. The van der Waals surface area contributed by atoms with Crippen molar-refractivity contribution in [2.45, 2.75) is 160 Å². The second-order valence-electron chi connectivity index (χ2n) is 18.0.